The smallest absolute Gasteiger partial charge is 0.295 e. The number of halogens is 1. The second-order valence-corrected chi connectivity index (χ2v) is 5.84. The third-order valence-electron chi connectivity index (χ3n) is 3.88. The number of amides is 1. The summed E-state index contributed by atoms with van der Waals surface area (Å²) in [6.45, 7) is 1.79. The molecule has 0 atom stereocenters. The summed E-state index contributed by atoms with van der Waals surface area (Å²) in [7, 11) is 1.78. The maximum absolute atomic E-state index is 12.7. The zero-order valence-corrected chi connectivity index (χ0v) is 14.0. The molecule has 1 N–H and O–H groups in total. The van der Waals surface area contributed by atoms with Crippen LogP contribution in [0.5, 0.6) is 0 Å². The molecule has 1 aromatic heterocycles. The molecule has 1 heterocycles. The highest BCUT2D eigenvalue weighted by Crippen LogP contribution is 2.16. The molecule has 0 spiro atoms. The topological polar surface area (TPSA) is 56.0 Å². The van der Waals surface area contributed by atoms with E-state index in [2.05, 4.69) is 5.32 Å². The van der Waals surface area contributed by atoms with Crippen molar-refractivity contribution in [2.45, 2.75) is 6.92 Å². The van der Waals surface area contributed by atoms with Gasteiger partial charge in [0.05, 0.1) is 11.4 Å². The summed E-state index contributed by atoms with van der Waals surface area (Å²) in [5.41, 5.74) is 1.77. The number of rotatable bonds is 3. The molecular weight excluding hydrogens is 326 g/mol. The maximum Gasteiger partial charge on any atom is 0.295 e. The number of aromatic nitrogens is 2. The van der Waals surface area contributed by atoms with Crippen molar-refractivity contribution in [1.29, 1.82) is 0 Å². The molecule has 0 saturated heterocycles. The van der Waals surface area contributed by atoms with E-state index in [1.54, 1.807) is 42.9 Å². The van der Waals surface area contributed by atoms with Crippen LogP contribution in [0.3, 0.4) is 0 Å². The van der Waals surface area contributed by atoms with E-state index in [1.807, 2.05) is 30.3 Å². The first-order valence-electron chi connectivity index (χ1n) is 7.40. The van der Waals surface area contributed by atoms with Crippen molar-refractivity contribution in [3.05, 3.63) is 81.2 Å². The van der Waals surface area contributed by atoms with Crippen LogP contribution in [0.2, 0.25) is 5.02 Å². The normalized spacial score (nSPS) is 10.6. The molecule has 0 saturated carbocycles. The monoisotopic (exact) mass is 341 g/mol. The largest absolute Gasteiger partial charge is 0.316 e. The van der Waals surface area contributed by atoms with Crippen LogP contribution in [0.4, 0.5) is 5.69 Å². The molecule has 0 aliphatic heterocycles. The first kappa shape index (κ1) is 16.1. The molecule has 0 aliphatic carbocycles. The quantitative estimate of drug-likeness (QED) is 0.794. The van der Waals surface area contributed by atoms with E-state index in [0.29, 0.717) is 16.3 Å². The van der Waals surface area contributed by atoms with E-state index in [1.165, 1.54) is 4.68 Å². The number of para-hydroxylation sites is 1. The summed E-state index contributed by atoms with van der Waals surface area (Å²) in [5.74, 6) is -0.372. The Bertz CT molecular complexity index is 958. The van der Waals surface area contributed by atoms with E-state index < -0.39 is 0 Å². The lowest BCUT2D eigenvalue weighted by Crippen LogP contribution is -2.22. The molecule has 6 heteroatoms. The number of benzene rings is 2. The Labute approximate surface area is 144 Å². The van der Waals surface area contributed by atoms with Crippen molar-refractivity contribution < 1.29 is 4.79 Å². The predicted octanol–water partition coefficient (Wildman–Crippen LogP) is 3.39. The summed E-state index contributed by atoms with van der Waals surface area (Å²) < 4.78 is 3.23. The molecule has 1 amide bonds. The van der Waals surface area contributed by atoms with Crippen molar-refractivity contribution in [3.8, 4) is 5.69 Å². The molecule has 0 bridgehead atoms. The fourth-order valence-electron chi connectivity index (χ4n) is 2.53. The first-order valence-corrected chi connectivity index (χ1v) is 7.78. The Morgan fingerprint density at radius 1 is 1.08 bits per heavy atom. The van der Waals surface area contributed by atoms with Crippen LogP contribution in [0.1, 0.15) is 16.1 Å². The molecule has 5 nitrogen and oxygen atoms in total. The van der Waals surface area contributed by atoms with Gasteiger partial charge in [0.25, 0.3) is 11.5 Å². The number of nitrogens with one attached hydrogen (secondary N) is 1. The van der Waals surface area contributed by atoms with Crippen LogP contribution < -0.4 is 10.9 Å². The van der Waals surface area contributed by atoms with Gasteiger partial charge in [-0.15, -0.1) is 0 Å². The number of hydrogen-bond donors (Lipinski definition) is 1. The summed E-state index contributed by atoms with van der Waals surface area (Å²) >= 11 is 5.91. The van der Waals surface area contributed by atoms with Gasteiger partial charge < -0.3 is 5.32 Å². The van der Waals surface area contributed by atoms with Crippen LogP contribution in [0.25, 0.3) is 5.69 Å². The van der Waals surface area contributed by atoms with Crippen molar-refractivity contribution in [1.82, 2.24) is 9.36 Å². The fourth-order valence-corrected chi connectivity index (χ4v) is 2.72. The summed E-state index contributed by atoms with van der Waals surface area (Å²) in [4.78, 5) is 25.1. The highest BCUT2D eigenvalue weighted by molar-refractivity contribution is 6.31. The minimum Gasteiger partial charge on any atom is -0.316 e. The standard InChI is InChI=1S/C18H16ClN3O2/c1-12-16(20-17(23)13-7-6-8-14(19)11-13)18(24)22(21(12)2)15-9-4-3-5-10-15/h3-11H,1-2H3,(H,20,23). The second-order valence-electron chi connectivity index (χ2n) is 5.40. The van der Waals surface area contributed by atoms with Crippen LogP contribution in [-0.2, 0) is 7.05 Å². The van der Waals surface area contributed by atoms with Gasteiger partial charge in [-0.1, -0.05) is 35.9 Å². The molecule has 0 radical (unpaired) electrons. The highest BCUT2D eigenvalue weighted by Gasteiger charge is 2.18. The van der Waals surface area contributed by atoms with Gasteiger partial charge in [-0.3, -0.25) is 14.3 Å². The number of hydrogen-bond acceptors (Lipinski definition) is 2. The van der Waals surface area contributed by atoms with Crippen LogP contribution in [0, 0.1) is 6.92 Å². The predicted molar refractivity (Wildman–Crippen MR) is 95.2 cm³/mol. The zero-order chi connectivity index (χ0) is 17.3. The zero-order valence-electron chi connectivity index (χ0n) is 13.3. The lowest BCUT2D eigenvalue weighted by atomic mass is 10.2. The van der Waals surface area contributed by atoms with Gasteiger partial charge >= 0.3 is 0 Å². The molecular formula is C18H16ClN3O2. The van der Waals surface area contributed by atoms with Crippen molar-refractivity contribution >= 4 is 23.2 Å². The van der Waals surface area contributed by atoms with Crippen LogP contribution in [-0.4, -0.2) is 15.3 Å². The van der Waals surface area contributed by atoms with Crippen molar-refractivity contribution in [3.63, 3.8) is 0 Å². The molecule has 2 aromatic carbocycles. The number of carbonyl (C=O) groups excluding carboxylic acids is 1. The molecule has 24 heavy (non-hydrogen) atoms. The molecule has 0 fully saturated rings. The third-order valence-corrected chi connectivity index (χ3v) is 4.11. The van der Waals surface area contributed by atoms with E-state index in [0.717, 1.165) is 5.69 Å². The minimum absolute atomic E-state index is 0.256. The Morgan fingerprint density at radius 3 is 2.46 bits per heavy atom. The van der Waals surface area contributed by atoms with Gasteiger partial charge in [0.2, 0.25) is 0 Å². The minimum atomic E-state index is -0.372. The second kappa shape index (κ2) is 6.37. The number of anilines is 1. The molecule has 0 unspecified atom stereocenters. The summed E-state index contributed by atoms with van der Waals surface area (Å²) in [5, 5.41) is 3.17. The average molecular weight is 342 g/mol. The number of carbonyl (C=O) groups is 1. The SMILES string of the molecule is Cc1c(NC(=O)c2cccc(Cl)c2)c(=O)n(-c2ccccc2)n1C. The molecule has 3 rings (SSSR count). The Hall–Kier alpha value is -2.79. The van der Waals surface area contributed by atoms with E-state index in [-0.39, 0.29) is 17.2 Å². The Kier molecular flexibility index (Phi) is 4.27. The van der Waals surface area contributed by atoms with E-state index >= 15 is 0 Å². The molecule has 3 aromatic rings. The van der Waals surface area contributed by atoms with E-state index in [4.69, 9.17) is 11.6 Å². The highest BCUT2D eigenvalue weighted by atomic mass is 35.5. The van der Waals surface area contributed by atoms with Gasteiger partial charge in [-0.25, -0.2) is 4.68 Å². The van der Waals surface area contributed by atoms with Gasteiger partial charge in [0.1, 0.15) is 5.69 Å². The third kappa shape index (κ3) is 2.86. The lowest BCUT2D eigenvalue weighted by Gasteiger charge is -2.07. The fraction of sp³-hybridized carbons (Fsp3) is 0.111. The Balaban J connectivity index is 2.01. The van der Waals surface area contributed by atoms with Gasteiger partial charge in [0, 0.05) is 17.6 Å². The van der Waals surface area contributed by atoms with Crippen LogP contribution in [0.15, 0.2) is 59.4 Å². The average Bonchev–Trinajstić information content (AvgIpc) is 2.79. The first-order chi connectivity index (χ1) is 11.5. The van der Waals surface area contributed by atoms with Gasteiger partial charge in [-0.05, 0) is 37.3 Å². The molecule has 122 valence electrons. The number of nitrogens with zero attached hydrogens (tertiary/aromatic N) is 2. The Morgan fingerprint density at radius 2 is 1.79 bits per heavy atom. The lowest BCUT2D eigenvalue weighted by molar-refractivity contribution is 0.102. The van der Waals surface area contributed by atoms with Gasteiger partial charge in [0.15, 0.2) is 0 Å². The van der Waals surface area contributed by atoms with Gasteiger partial charge in [-0.2, -0.15) is 0 Å². The summed E-state index contributed by atoms with van der Waals surface area (Å²) in [6.07, 6.45) is 0. The van der Waals surface area contributed by atoms with E-state index in [9.17, 15) is 9.59 Å². The van der Waals surface area contributed by atoms with Crippen molar-refractivity contribution in [2.75, 3.05) is 5.32 Å². The molecule has 0 aliphatic rings. The van der Waals surface area contributed by atoms with Crippen LogP contribution >= 0.6 is 11.6 Å². The maximum atomic E-state index is 12.7. The summed E-state index contributed by atoms with van der Waals surface area (Å²) in [6, 6.07) is 15.9. The van der Waals surface area contributed by atoms with Crippen molar-refractivity contribution in [2.24, 2.45) is 7.05 Å².